The fourth-order valence-electron chi connectivity index (χ4n) is 2.17. The van der Waals surface area contributed by atoms with Crippen LogP contribution in [0.4, 0.5) is 0 Å². The van der Waals surface area contributed by atoms with E-state index in [1.54, 1.807) is 12.1 Å². The van der Waals surface area contributed by atoms with Gasteiger partial charge in [-0.25, -0.2) is 0 Å². The largest absolute Gasteiger partial charge is 0.310 e. The van der Waals surface area contributed by atoms with Gasteiger partial charge in [-0.05, 0) is 23.7 Å². The van der Waals surface area contributed by atoms with Crippen LogP contribution in [-0.2, 0) is 7.05 Å². The van der Waals surface area contributed by atoms with E-state index in [1.807, 2.05) is 54.1 Å². The minimum Gasteiger partial charge on any atom is -0.310 e. The van der Waals surface area contributed by atoms with Gasteiger partial charge in [0.05, 0.1) is 0 Å². The van der Waals surface area contributed by atoms with E-state index in [4.69, 9.17) is 11.6 Å². The molecule has 21 heavy (non-hydrogen) atoms. The Morgan fingerprint density at radius 1 is 0.905 bits per heavy atom. The summed E-state index contributed by atoms with van der Waals surface area (Å²) in [6.45, 7) is 0. The van der Waals surface area contributed by atoms with Crippen LogP contribution in [0.5, 0.6) is 0 Å². The monoisotopic (exact) mass is 297 g/mol. The molecule has 0 saturated carbocycles. The molecule has 0 aliphatic carbocycles. The van der Waals surface area contributed by atoms with Crippen molar-refractivity contribution in [1.29, 1.82) is 0 Å². The van der Waals surface area contributed by atoms with Gasteiger partial charge in [-0.1, -0.05) is 42.5 Å². The molecular formula is C16H12ClN3O. The molecule has 0 radical (unpaired) electrons. The van der Waals surface area contributed by atoms with Crippen LogP contribution in [0.1, 0.15) is 10.4 Å². The minimum atomic E-state index is -0.468. The molecule has 0 fully saturated rings. The maximum Gasteiger partial charge on any atom is 0.252 e. The molecule has 0 spiro atoms. The van der Waals surface area contributed by atoms with Crippen LogP contribution in [0.15, 0.2) is 54.6 Å². The molecule has 0 amide bonds. The predicted molar refractivity (Wildman–Crippen MR) is 82.1 cm³/mol. The first kappa shape index (κ1) is 13.5. The lowest BCUT2D eigenvalue weighted by Crippen LogP contribution is -1.96. The van der Waals surface area contributed by atoms with Gasteiger partial charge in [0.1, 0.15) is 0 Å². The summed E-state index contributed by atoms with van der Waals surface area (Å²) in [6, 6.07) is 16.9. The first-order chi connectivity index (χ1) is 10.2. The summed E-state index contributed by atoms with van der Waals surface area (Å²) in [5.74, 6) is 1.53. The SMILES string of the molecule is Cn1c(-c2ccccc2)nnc1-c1ccc(C(=O)Cl)cc1. The Bertz CT molecular complexity index is 779. The zero-order valence-electron chi connectivity index (χ0n) is 11.3. The van der Waals surface area contributed by atoms with Crippen molar-refractivity contribution in [3.8, 4) is 22.8 Å². The highest BCUT2D eigenvalue weighted by Crippen LogP contribution is 2.23. The summed E-state index contributed by atoms with van der Waals surface area (Å²) < 4.78 is 1.92. The normalized spacial score (nSPS) is 10.6. The number of hydrogen-bond acceptors (Lipinski definition) is 3. The third kappa shape index (κ3) is 2.58. The summed E-state index contributed by atoms with van der Waals surface area (Å²) >= 11 is 5.44. The highest BCUT2D eigenvalue weighted by Gasteiger charge is 2.12. The highest BCUT2D eigenvalue weighted by molar-refractivity contribution is 6.67. The molecule has 0 bridgehead atoms. The van der Waals surface area contributed by atoms with Crippen molar-refractivity contribution in [2.24, 2.45) is 7.05 Å². The van der Waals surface area contributed by atoms with E-state index in [1.165, 1.54) is 0 Å². The van der Waals surface area contributed by atoms with Crippen LogP contribution in [0.25, 0.3) is 22.8 Å². The molecule has 0 N–H and O–H groups in total. The third-order valence-corrected chi connectivity index (χ3v) is 3.50. The Balaban J connectivity index is 2.01. The number of benzene rings is 2. The van der Waals surface area contributed by atoms with Crippen molar-refractivity contribution < 1.29 is 4.79 Å². The van der Waals surface area contributed by atoms with Crippen LogP contribution in [-0.4, -0.2) is 20.0 Å². The number of hydrogen-bond donors (Lipinski definition) is 0. The Kier molecular flexibility index (Phi) is 3.54. The van der Waals surface area contributed by atoms with Crippen molar-refractivity contribution in [3.63, 3.8) is 0 Å². The third-order valence-electron chi connectivity index (χ3n) is 3.28. The molecular weight excluding hydrogens is 286 g/mol. The molecule has 1 aromatic heterocycles. The van der Waals surface area contributed by atoms with Gasteiger partial charge >= 0.3 is 0 Å². The Morgan fingerprint density at radius 2 is 1.43 bits per heavy atom. The van der Waals surface area contributed by atoms with Crippen LogP contribution >= 0.6 is 11.6 Å². The van der Waals surface area contributed by atoms with E-state index >= 15 is 0 Å². The lowest BCUT2D eigenvalue weighted by molar-refractivity contribution is 0.108. The van der Waals surface area contributed by atoms with Crippen molar-refractivity contribution >= 4 is 16.8 Å². The quantitative estimate of drug-likeness (QED) is 0.695. The van der Waals surface area contributed by atoms with E-state index in [9.17, 15) is 4.79 Å². The average Bonchev–Trinajstić information content (AvgIpc) is 2.90. The van der Waals surface area contributed by atoms with Crippen molar-refractivity contribution in [1.82, 2.24) is 14.8 Å². The molecule has 1 heterocycles. The van der Waals surface area contributed by atoms with Gasteiger partial charge in [-0.2, -0.15) is 0 Å². The second-order valence-corrected chi connectivity index (χ2v) is 4.97. The molecule has 5 heteroatoms. The molecule has 3 aromatic rings. The summed E-state index contributed by atoms with van der Waals surface area (Å²) in [6.07, 6.45) is 0. The molecule has 2 aromatic carbocycles. The number of carbonyl (C=O) groups is 1. The van der Waals surface area contributed by atoms with Gasteiger partial charge in [0.15, 0.2) is 11.6 Å². The number of nitrogens with zero attached hydrogens (tertiary/aromatic N) is 3. The second kappa shape index (κ2) is 5.50. The summed E-state index contributed by atoms with van der Waals surface area (Å²) in [5.41, 5.74) is 2.35. The molecule has 4 nitrogen and oxygen atoms in total. The maximum absolute atomic E-state index is 11.1. The summed E-state index contributed by atoms with van der Waals surface area (Å²) in [4.78, 5) is 11.1. The second-order valence-electron chi connectivity index (χ2n) is 4.62. The lowest BCUT2D eigenvalue weighted by atomic mass is 10.1. The van der Waals surface area contributed by atoms with Crippen molar-refractivity contribution in [2.45, 2.75) is 0 Å². The van der Waals surface area contributed by atoms with E-state index in [0.29, 0.717) is 5.56 Å². The first-order valence-electron chi connectivity index (χ1n) is 6.42. The van der Waals surface area contributed by atoms with Crippen LogP contribution in [0.2, 0.25) is 0 Å². The smallest absolute Gasteiger partial charge is 0.252 e. The van der Waals surface area contributed by atoms with Gasteiger partial charge in [-0.3, -0.25) is 4.79 Å². The fourth-order valence-corrected chi connectivity index (χ4v) is 2.30. The maximum atomic E-state index is 11.1. The number of aromatic nitrogens is 3. The highest BCUT2D eigenvalue weighted by atomic mass is 35.5. The molecule has 0 saturated heterocycles. The van der Waals surface area contributed by atoms with E-state index in [-0.39, 0.29) is 0 Å². The molecule has 0 atom stereocenters. The zero-order chi connectivity index (χ0) is 14.8. The fraction of sp³-hybridized carbons (Fsp3) is 0.0625. The van der Waals surface area contributed by atoms with Gasteiger partial charge in [0.25, 0.3) is 5.24 Å². The van der Waals surface area contributed by atoms with Gasteiger partial charge in [0, 0.05) is 23.7 Å². The molecule has 3 rings (SSSR count). The zero-order valence-corrected chi connectivity index (χ0v) is 12.1. The predicted octanol–water partition coefficient (Wildman–Crippen LogP) is 3.53. The minimum absolute atomic E-state index is 0.464. The van der Waals surface area contributed by atoms with Crippen LogP contribution in [0.3, 0.4) is 0 Å². The topological polar surface area (TPSA) is 47.8 Å². The van der Waals surface area contributed by atoms with Gasteiger partial charge in [-0.15, -0.1) is 10.2 Å². The Morgan fingerprint density at radius 3 is 1.95 bits per heavy atom. The van der Waals surface area contributed by atoms with Crippen LogP contribution in [0, 0.1) is 0 Å². The standard InChI is InChI=1S/C16H12ClN3O/c1-20-15(12-5-3-2-4-6-12)18-19-16(20)13-9-7-11(8-10-13)14(17)21/h2-10H,1H3. The molecule has 104 valence electrons. The van der Waals surface area contributed by atoms with Gasteiger partial charge < -0.3 is 4.57 Å². The number of halogens is 1. The van der Waals surface area contributed by atoms with E-state index in [2.05, 4.69) is 10.2 Å². The molecule has 0 unspecified atom stereocenters. The Labute approximate surface area is 127 Å². The summed E-state index contributed by atoms with van der Waals surface area (Å²) in [7, 11) is 1.91. The number of rotatable bonds is 3. The van der Waals surface area contributed by atoms with Gasteiger partial charge in [0.2, 0.25) is 0 Å². The van der Waals surface area contributed by atoms with E-state index in [0.717, 1.165) is 22.8 Å². The number of carbonyl (C=O) groups excluding carboxylic acids is 1. The molecule has 0 aliphatic rings. The van der Waals surface area contributed by atoms with E-state index < -0.39 is 5.24 Å². The first-order valence-corrected chi connectivity index (χ1v) is 6.79. The Hall–Kier alpha value is -2.46. The van der Waals surface area contributed by atoms with Crippen molar-refractivity contribution in [3.05, 3.63) is 60.2 Å². The average molecular weight is 298 g/mol. The molecule has 0 aliphatic heterocycles. The van der Waals surface area contributed by atoms with Crippen LogP contribution < -0.4 is 0 Å². The van der Waals surface area contributed by atoms with Crippen molar-refractivity contribution in [2.75, 3.05) is 0 Å². The lowest BCUT2D eigenvalue weighted by Gasteiger charge is -2.04. The summed E-state index contributed by atoms with van der Waals surface area (Å²) in [5, 5.41) is 8.00.